The van der Waals surface area contributed by atoms with Crippen molar-refractivity contribution in [3.63, 3.8) is 0 Å². The van der Waals surface area contributed by atoms with Crippen molar-refractivity contribution < 1.29 is 13.2 Å². The van der Waals surface area contributed by atoms with Crippen molar-refractivity contribution in [1.29, 1.82) is 0 Å². The van der Waals surface area contributed by atoms with E-state index in [1.54, 1.807) is 0 Å². The molecule has 0 unspecified atom stereocenters. The van der Waals surface area contributed by atoms with E-state index >= 15 is 0 Å². The fourth-order valence-corrected chi connectivity index (χ4v) is 2.13. The number of alkyl halides is 3. The topological polar surface area (TPSA) is 49.2 Å². The first-order valence-electron chi connectivity index (χ1n) is 4.95. The Kier molecular flexibility index (Phi) is 3.31. The lowest BCUT2D eigenvalue weighted by atomic mass is 10.1. The number of H-pyrrole nitrogens is 1. The molecule has 0 amide bonds. The Bertz CT molecular complexity index is 696. The smallest absolute Gasteiger partial charge is 0.354 e. The van der Waals surface area contributed by atoms with E-state index in [1.807, 2.05) is 0 Å². The molecule has 0 atom stereocenters. The van der Waals surface area contributed by atoms with Crippen LogP contribution in [0.2, 0.25) is 0 Å². The number of rotatable bonds is 2. The molecule has 19 heavy (non-hydrogen) atoms. The van der Waals surface area contributed by atoms with Crippen LogP contribution in [0.25, 0.3) is 4.85 Å². The third kappa shape index (κ3) is 2.61. The van der Waals surface area contributed by atoms with Crippen molar-refractivity contribution in [2.75, 3.05) is 5.32 Å². The number of nitrogens with zero attached hydrogens (tertiary/aromatic N) is 1. The predicted octanol–water partition coefficient (Wildman–Crippen LogP) is 3.75. The Morgan fingerprint density at radius 2 is 2.00 bits per heavy atom. The highest BCUT2D eigenvalue weighted by molar-refractivity contribution is 7.11. The van der Waals surface area contributed by atoms with Crippen LogP contribution in [-0.4, -0.2) is 4.37 Å². The van der Waals surface area contributed by atoms with Crippen LogP contribution in [0.15, 0.2) is 29.1 Å². The Morgan fingerprint density at radius 3 is 2.63 bits per heavy atom. The number of benzene rings is 1. The lowest BCUT2D eigenvalue weighted by molar-refractivity contribution is -0.136. The number of hydrogen-bond donors (Lipinski definition) is 2. The van der Waals surface area contributed by atoms with Gasteiger partial charge < -0.3 is 5.32 Å². The molecule has 0 spiro atoms. The number of hydrogen-bond acceptors (Lipinski definition) is 3. The summed E-state index contributed by atoms with van der Waals surface area (Å²) in [6.45, 7) is 6.83. The summed E-state index contributed by atoms with van der Waals surface area (Å²) in [6.07, 6.45) is -4.51. The molecule has 0 saturated heterocycles. The molecule has 1 aromatic heterocycles. The van der Waals surface area contributed by atoms with Crippen LogP contribution in [0, 0.1) is 6.57 Å². The Hall–Kier alpha value is -2.27. The van der Waals surface area contributed by atoms with E-state index < -0.39 is 17.3 Å². The highest BCUT2D eigenvalue weighted by atomic mass is 32.1. The van der Waals surface area contributed by atoms with Crippen molar-refractivity contribution in [1.82, 2.24) is 4.37 Å². The van der Waals surface area contributed by atoms with Crippen molar-refractivity contribution in [2.45, 2.75) is 6.18 Å². The van der Waals surface area contributed by atoms with Gasteiger partial charge in [0.15, 0.2) is 0 Å². The molecular weight excluding hydrogens is 279 g/mol. The summed E-state index contributed by atoms with van der Waals surface area (Å²) in [7, 11) is 0. The number of aromatic nitrogens is 1. The average Bonchev–Trinajstić information content (AvgIpc) is 2.69. The van der Waals surface area contributed by atoms with E-state index in [1.165, 1.54) is 18.2 Å². The molecule has 0 aliphatic carbocycles. The van der Waals surface area contributed by atoms with E-state index in [-0.39, 0.29) is 16.4 Å². The molecule has 8 heteroatoms. The maximum atomic E-state index is 12.8. The molecule has 0 saturated carbocycles. The molecule has 0 aliphatic rings. The maximum Gasteiger partial charge on any atom is 0.418 e. The van der Waals surface area contributed by atoms with Gasteiger partial charge in [-0.05, 0) is 12.1 Å². The molecule has 4 nitrogen and oxygen atoms in total. The standard InChI is InChI=1S/C11H6F3N3OS/c1-15-8-9(18)17-19-10(8)16-7-5-3-2-4-6(7)11(12,13)14/h2-5,16H,(H,17,18). The minimum absolute atomic E-state index is 0.0664. The first-order valence-corrected chi connectivity index (χ1v) is 5.77. The van der Waals surface area contributed by atoms with E-state index in [0.29, 0.717) is 0 Å². The molecule has 0 radical (unpaired) electrons. The van der Waals surface area contributed by atoms with Gasteiger partial charge in [0.2, 0.25) is 0 Å². The molecule has 1 heterocycles. The molecule has 0 fully saturated rings. The number of para-hydroxylation sites is 1. The van der Waals surface area contributed by atoms with Gasteiger partial charge in [-0.25, -0.2) is 4.85 Å². The normalized spacial score (nSPS) is 11.1. The van der Waals surface area contributed by atoms with Crippen molar-refractivity contribution >= 4 is 27.9 Å². The van der Waals surface area contributed by atoms with Crippen LogP contribution in [-0.2, 0) is 6.18 Å². The lowest BCUT2D eigenvalue weighted by Gasteiger charge is -2.13. The molecule has 98 valence electrons. The monoisotopic (exact) mass is 285 g/mol. The summed E-state index contributed by atoms with van der Waals surface area (Å²) in [4.78, 5) is 14.2. The van der Waals surface area contributed by atoms with Crippen LogP contribution in [0.3, 0.4) is 0 Å². The number of halogens is 3. The zero-order valence-electron chi connectivity index (χ0n) is 9.21. The van der Waals surface area contributed by atoms with Crippen LogP contribution < -0.4 is 10.9 Å². The fourth-order valence-electron chi connectivity index (χ4n) is 1.45. The molecule has 2 rings (SSSR count). The van der Waals surface area contributed by atoms with Gasteiger partial charge >= 0.3 is 6.18 Å². The number of nitrogens with one attached hydrogen (secondary N) is 2. The SMILES string of the molecule is [C-]#[N+]c1c(Nc2ccccc2C(F)(F)F)s[nH]c1=O. The second-order valence-electron chi connectivity index (χ2n) is 3.49. The minimum Gasteiger partial charge on any atom is -0.354 e. The summed E-state index contributed by atoms with van der Waals surface area (Å²) in [5.41, 5.74) is -1.92. The zero-order valence-corrected chi connectivity index (χ0v) is 10.0. The van der Waals surface area contributed by atoms with Crippen molar-refractivity contribution in [2.24, 2.45) is 0 Å². The Balaban J connectivity index is 2.45. The van der Waals surface area contributed by atoms with E-state index in [2.05, 4.69) is 14.5 Å². The minimum atomic E-state index is -4.51. The quantitative estimate of drug-likeness (QED) is 0.826. The molecule has 2 aromatic rings. The summed E-state index contributed by atoms with van der Waals surface area (Å²) in [5, 5.41) is 2.54. The van der Waals surface area contributed by atoms with Gasteiger partial charge in [-0.3, -0.25) is 9.17 Å². The van der Waals surface area contributed by atoms with E-state index in [4.69, 9.17) is 6.57 Å². The average molecular weight is 285 g/mol. The fraction of sp³-hybridized carbons (Fsp3) is 0.0909. The van der Waals surface area contributed by atoms with Gasteiger partial charge in [-0.15, -0.1) is 0 Å². The molecule has 0 bridgehead atoms. The van der Waals surface area contributed by atoms with Crippen LogP contribution >= 0.6 is 11.5 Å². The van der Waals surface area contributed by atoms with Crippen molar-refractivity contribution in [3.8, 4) is 0 Å². The predicted molar refractivity (Wildman–Crippen MR) is 65.9 cm³/mol. The maximum absolute atomic E-state index is 12.8. The number of anilines is 2. The molecular formula is C11H6F3N3OS. The highest BCUT2D eigenvalue weighted by Gasteiger charge is 2.33. The van der Waals surface area contributed by atoms with Gasteiger partial charge in [0.1, 0.15) is 5.00 Å². The number of aromatic amines is 1. The van der Waals surface area contributed by atoms with Gasteiger partial charge in [0.05, 0.1) is 17.8 Å². The van der Waals surface area contributed by atoms with Gasteiger partial charge in [0.25, 0.3) is 11.2 Å². The largest absolute Gasteiger partial charge is 0.418 e. The first kappa shape index (κ1) is 13.2. The third-order valence-corrected chi connectivity index (χ3v) is 3.06. The van der Waals surface area contributed by atoms with E-state index in [0.717, 1.165) is 17.6 Å². The van der Waals surface area contributed by atoms with Crippen LogP contribution in [0.1, 0.15) is 5.56 Å². The molecule has 0 aliphatic heterocycles. The summed E-state index contributed by atoms with van der Waals surface area (Å²) < 4.78 is 40.6. The van der Waals surface area contributed by atoms with Crippen molar-refractivity contribution in [3.05, 3.63) is 51.6 Å². The summed E-state index contributed by atoms with van der Waals surface area (Å²) in [5.74, 6) is 0. The third-order valence-electron chi connectivity index (χ3n) is 2.27. The second-order valence-corrected chi connectivity index (χ2v) is 4.31. The van der Waals surface area contributed by atoms with Gasteiger partial charge in [-0.2, -0.15) is 13.2 Å². The lowest BCUT2D eigenvalue weighted by Crippen LogP contribution is -2.08. The Morgan fingerprint density at radius 1 is 1.32 bits per heavy atom. The van der Waals surface area contributed by atoms with Gasteiger partial charge in [0, 0.05) is 0 Å². The highest BCUT2D eigenvalue weighted by Crippen LogP contribution is 2.37. The van der Waals surface area contributed by atoms with E-state index in [9.17, 15) is 18.0 Å². The van der Waals surface area contributed by atoms with Crippen LogP contribution in [0.5, 0.6) is 0 Å². The second kappa shape index (κ2) is 4.78. The summed E-state index contributed by atoms with van der Waals surface area (Å²) >= 11 is 0.785. The van der Waals surface area contributed by atoms with Gasteiger partial charge in [-0.1, -0.05) is 23.7 Å². The molecule has 1 aromatic carbocycles. The Labute approximate surface area is 109 Å². The zero-order chi connectivity index (χ0) is 14.0. The molecule has 2 N–H and O–H groups in total. The van der Waals surface area contributed by atoms with Crippen LogP contribution in [0.4, 0.5) is 29.5 Å². The first-order chi connectivity index (χ1) is 8.93. The summed E-state index contributed by atoms with van der Waals surface area (Å²) in [6, 6.07) is 4.86.